The van der Waals surface area contributed by atoms with Gasteiger partial charge in [0.05, 0.1) is 35.9 Å². The molecule has 2 aliphatic rings. The van der Waals surface area contributed by atoms with Gasteiger partial charge in [-0.25, -0.2) is 0 Å². The first-order valence-electron chi connectivity index (χ1n) is 11.0. The van der Waals surface area contributed by atoms with Crippen molar-refractivity contribution in [1.82, 2.24) is 4.90 Å². The van der Waals surface area contributed by atoms with E-state index in [1.165, 1.54) is 16.8 Å². The van der Waals surface area contributed by atoms with E-state index in [9.17, 15) is 5.26 Å². The molecule has 33 heavy (non-hydrogen) atoms. The van der Waals surface area contributed by atoms with E-state index >= 15 is 0 Å². The largest absolute Gasteiger partial charge is 0.344 e. The van der Waals surface area contributed by atoms with Crippen molar-refractivity contribution in [2.45, 2.75) is 19.9 Å². The summed E-state index contributed by atoms with van der Waals surface area (Å²) in [6.07, 6.45) is 0. The number of halogens is 1. The van der Waals surface area contributed by atoms with Gasteiger partial charge in [-0.3, -0.25) is 0 Å². The summed E-state index contributed by atoms with van der Waals surface area (Å²) in [7, 11) is 0. The molecule has 2 heterocycles. The third-order valence-corrected chi connectivity index (χ3v) is 7.75. The molecular formula is C27H25ClN4S. The van der Waals surface area contributed by atoms with Gasteiger partial charge in [0.2, 0.25) is 0 Å². The van der Waals surface area contributed by atoms with E-state index in [-0.39, 0.29) is 6.04 Å². The second-order valence-corrected chi connectivity index (χ2v) is 9.87. The second-order valence-electron chi connectivity index (χ2n) is 8.53. The van der Waals surface area contributed by atoms with Crippen molar-refractivity contribution in [3.05, 3.63) is 105 Å². The van der Waals surface area contributed by atoms with Crippen molar-refractivity contribution in [1.29, 1.82) is 5.26 Å². The van der Waals surface area contributed by atoms with Crippen LogP contribution < -0.4 is 9.80 Å². The average Bonchev–Trinajstić information content (AvgIpc) is 2.84. The summed E-state index contributed by atoms with van der Waals surface area (Å²) in [5, 5.41) is 12.1. The van der Waals surface area contributed by atoms with E-state index in [2.05, 4.69) is 83.1 Å². The van der Waals surface area contributed by atoms with Gasteiger partial charge >= 0.3 is 0 Å². The van der Waals surface area contributed by atoms with Crippen molar-refractivity contribution in [2.75, 3.05) is 29.0 Å². The Morgan fingerprint density at radius 1 is 0.848 bits per heavy atom. The highest BCUT2D eigenvalue weighted by molar-refractivity contribution is 8.03. The summed E-state index contributed by atoms with van der Waals surface area (Å²) in [5.74, 6) is 0.805. The predicted molar refractivity (Wildman–Crippen MR) is 138 cm³/mol. The summed E-state index contributed by atoms with van der Waals surface area (Å²) in [4.78, 5) is 6.95. The molecule has 166 valence electrons. The number of hydrogen-bond acceptors (Lipinski definition) is 5. The van der Waals surface area contributed by atoms with Crippen LogP contribution in [0.1, 0.15) is 22.7 Å². The Morgan fingerprint density at radius 3 is 2.12 bits per heavy atom. The molecule has 3 aromatic rings. The molecule has 2 aliphatic heterocycles. The minimum Gasteiger partial charge on any atom is -0.344 e. The fourth-order valence-corrected chi connectivity index (χ4v) is 5.80. The maximum atomic E-state index is 10.3. The molecular weight excluding hydrogens is 448 g/mol. The molecule has 1 fully saturated rings. The molecule has 0 aliphatic carbocycles. The molecule has 0 unspecified atom stereocenters. The maximum Gasteiger partial charge on any atom is 0.100 e. The van der Waals surface area contributed by atoms with E-state index in [0.717, 1.165) is 34.4 Å². The Morgan fingerprint density at radius 2 is 1.48 bits per heavy atom. The summed E-state index contributed by atoms with van der Waals surface area (Å²) >= 11 is 8.39. The van der Waals surface area contributed by atoms with Gasteiger partial charge in [-0.05, 0) is 49.7 Å². The van der Waals surface area contributed by atoms with E-state index in [0.29, 0.717) is 11.7 Å². The van der Waals surface area contributed by atoms with Crippen LogP contribution in [0.4, 0.5) is 11.4 Å². The molecule has 4 nitrogen and oxygen atoms in total. The van der Waals surface area contributed by atoms with Crippen LogP contribution in [0.5, 0.6) is 0 Å². The molecule has 1 saturated heterocycles. The fraction of sp³-hybridized carbons (Fsp3) is 0.222. The first kappa shape index (κ1) is 21.8. The number of fused-ring (bicyclic) bond motifs is 1. The van der Waals surface area contributed by atoms with Crippen LogP contribution in [0.15, 0.2) is 83.4 Å². The SMILES string of the molecule is Cc1ccc(N2CSC3=C(C#N)[C@@H](c4ccccc4Cl)N(c4ccc(C)cc4)CN3C2)cc1. The van der Waals surface area contributed by atoms with Crippen LogP contribution in [0.2, 0.25) is 5.02 Å². The molecule has 6 heteroatoms. The highest BCUT2D eigenvalue weighted by Gasteiger charge is 2.39. The van der Waals surface area contributed by atoms with Crippen LogP contribution >= 0.6 is 23.4 Å². The molecule has 0 aromatic heterocycles. The van der Waals surface area contributed by atoms with Gasteiger partial charge in [-0.1, -0.05) is 77.0 Å². The molecule has 0 saturated carbocycles. The summed E-state index contributed by atoms with van der Waals surface area (Å²) in [5.41, 5.74) is 6.45. The number of hydrogen-bond donors (Lipinski definition) is 0. The molecule has 5 rings (SSSR count). The molecule has 3 aromatic carbocycles. The fourth-order valence-electron chi connectivity index (χ4n) is 4.44. The van der Waals surface area contributed by atoms with Crippen molar-refractivity contribution >= 4 is 34.7 Å². The summed E-state index contributed by atoms with van der Waals surface area (Å²) in [6.45, 7) is 5.60. The lowest BCUT2D eigenvalue weighted by atomic mass is 9.96. The quantitative estimate of drug-likeness (QED) is 0.424. The molecule has 0 radical (unpaired) electrons. The highest BCUT2D eigenvalue weighted by atomic mass is 35.5. The van der Waals surface area contributed by atoms with Crippen molar-refractivity contribution in [2.24, 2.45) is 0 Å². The third kappa shape index (κ3) is 4.17. The first-order valence-corrected chi connectivity index (χ1v) is 12.3. The van der Waals surface area contributed by atoms with Gasteiger partial charge in [0.1, 0.15) is 6.07 Å². The van der Waals surface area contributed by atoms with Crippen LogP contribution in [0.3, 0.4) is 0 Å². The molecule has 0 amide bonds. The molecule has 1 atom stereocenters. The van der Waals surface area contributed by atoms with E-state index in [1.54, 1.807) is 11.8 Å². The van der Waals surface area contributed by atoms with Crippen LogP contribution in [-0.4, -0.2) is 24.1 Å². The zero-order chi connectivity index (χ0) is 22.9. The monoisotopic (exact) mass is 472 g/mol. The average molecular weight is 473 g/mol. The molecule has 0 bridgehead atoms. The Balaban J connectivity index is 1.58. The van der Waals surface area contributed by atoms with Crippen LogP contribution in [0, 0.1) is 25.2 Å². The predicted octanol–water partition coefficient (Wildman–Crippen LogP) is 6.68. The first-order chi connectivity index (χ1) is 16.0. The van der Waals surface area contributed by atoms with E-state index in [4.69, 9.17) is 11.6 Å². The lowest BCUT2D eigenvalue weighted by molar-refractivity contribution is 0.326. The van der Waals surface area contributed by atoms with Crippen molar-refractivity contribution < 1.29 is 0 Å². The molecule has 0 spiro atoms. The number of nitrogens with zero attached hydrogens (tertiary/aromatic N) is 4. The number of nitriles is 1. The van der Waals surface area contributed by atoms with Crippen molar-refractivity contribution in [3.63, 3.8) is 0 Å². The minimum atomic E-state index is -0.226. The Hall–Kier alpha value is -3.07. The zero-order valence-corrected chi connectivity index (χ0v) is 20.3. The highest BCUT2D eigenvalue weighted by Crippen LogP contribution is 2.45. The Kier molecular flexibility index (Phi) is 5.97. The zero-order valence-electron chi connectivity index (χ0n) is 18.7. The third-order valence-electron chi connectivity index (χ3n) is 6.21. The summed E-state index contributed by atoms with van der Waals surface area (Å²) < 4.78 is 0. The van der Waals surface area contributed by atoms with Gasteiger partial charge < -0.3 is 14.7 Å². The van der Waals surface area contributed by atoms with Gasteiger partial charge in [0.15, 0.2) is 0 Å². The Labute approximate surface area is 204 Å². The van der Waals surface area contributed by atoms with Crippen molar-refractivity contribution in [3.8, 4) is 6.07 Å². The molecule has 0 N–H and O–H groups in total. The van der Waals surface area contributed by atoms with Gasteiger partial charge in [-0.15, -0.1) is 0 Å². The number of thioether (sulfide) groups is 1. The summed E-state index contributed by atoms with van der Waals surface area (Å²) in [6, 6.07) is 27.3. The van der Waals surface area contributed by atoms with Crippen LogP contribution in [-0.2, 0) is 0 Å². The van der Waals surface area contributed by atoms with Crippen LogP contribution in [0.25, 0.3) is 0 Å². The standard InChI is InChI=1S/C27H25ClN4S/c1-19-7-11-21(12-8-19)31-16-30-17-32(22-13-9-20(2)10-14-22)26(23-5-3-4-6-25(23)28)24(15-29)27(30)33-18-31/h3-14,26H,16-18H2,1-2H3/t26-/m1/s1. The second kappa shape index (κ2) is 9.05. The topological polar surface area (TPSA) is 33.5 Å². The van der Waals surface area contributed by atoms with Gasteiger partial charge in [-0.2, -0.15) is 5.26 Å². The maximum absolute atomic E-state index is 10.3. The van der Waals surface area contributed by atoms with E-state index < -0.39 is 0 Å². The number of benzene rings is 3. The number of anilines is 2. The minimum absolute atomic E-state index is 0.226. The lowest BCUT2D eigenvalue weighted by Gasteiger charge is -2.49. The number of aryl methyl sites for hydroxylation is 2. The number of rotatable bonds is 3. The van der Waals surface area contributed by atoms with E-state index in [1.807, 2.05) is 24.3 Å². The lowest BCUT2D eigenvalue weighted by Crippen LogP contribution is -2.51. The van der Waals surface area contributed by atoms with Gasteiger partial charge in [0.25, 0.3) is 0 Å². The Bertz CT molecular complexity index is 1230. The van der Waals surface area contributed by atoms with Gasteiger partial charge in [0, 0.05) is 16.4 Å². The smallest absolute Gasteiger partial charge is 0.100 e. The normalized spacial score (nSPS) is 18.2.